The summed E-state index contributed by atoms with van der Waals surface area (Å²) in [6, 6.07) is 4.52. The normalized spacial score (nSPS) is 24.3. The summed E-state index contributed by atoms with van der Waals surface area (Å²) in [7, 11) is 0. The van der Waals surface area contributed by atoms with Crippen LogP contribution in [0.4, 0.5) is 0 Å². The second-order valence-corrected chi connectivity index (χ2v) is 6.19. The van der Waals surface area contributed by atoms with Crippen LogP contribution in [-0.2, 0) is 0 Å². The monoisotopic (exact) mass is 261 g/mol. The number of nitrogens with one attached hydrogen (secondary N) is 1. The summed E-state index contributed by atoms with van der Waals surface area (Å²) in [4.78, 5) is 9.40. The molecule has 2 aromatic heterocycles. The van der Waals surface area contributed by atoms with Crippen LogP contribution in [-0.4, -0.2) is 16.0 Å². The molecule has 0 amide bonds. The van der Waals surface area contributed by atoms with Crippen molar-refractivity contribution >= 4 is 11.3 Å². The van der Waals surface area contributed by atoms with E-state index in [1.54, 1.807) is 0 Å². The zero-order valence-electron chi connectivity index (χ0n) is 10.6. The lowest BCUT2D eigenvalue weighted by atomic mass is 9.85. The number of hydrogen-bond acceptors (Lipinski definition) is 3. The average molecular weight is 261 g/mol. The summed E-state index contributed by atoms with van der Waals surface area (Å²) in [6.07, 6.45) is 6.69. The van der Waals surface area contributed by atoms with Gasteiger partial charge in [0.2, 0.25) is 0 Å². The van der Waals surface area contributed by atoms with Crippen molar-refractivity contribution in [2.75, 3.05) is 0 Å². The van der Waals surface area contributed by atoms with Gasteiger partial charge in [0.1, 0.15) is 5.01 Å². The molecule has 1 saturated carbocycles. The number of rotatable bonds is 2. The highest BCUT2D eigenvalue weighted by atomic mass is 32.1. The first kappa shape index (κ1) is 11.9. The van der Waals surface area contributed by atoms with E-state index in [9.17, 15) is 0 Å². The van der Waals surface area contributed by atoms with Crippen molar-refractivity contribution in [3.63, 3.8) is 0 Å². The molecule has 0 radical (unpaired) electrons. The highest BCUT2D eigenvalue weighted by Gasteiger charge is 2.24. The average Bonchev–Trinajstić information content (AvgIpc) is 2.99. The van der Waals surface area contributed by atoms with Gasteiger partial charge in [-0.2, -0.15) is 0 Å². The lowest BCUT2D eigenvalue weighted by Crippen LogP contribution is -2.25. The van der Waals surface area contributed by atoms with E-state index in [1.165, 1.54) is 23.4 Å². The van der Waals surface area contributed by atoms with Gasteiger partial charge in [-0.25, -0.2) is 4.98 Å². The maximum Gasteiger partial charge on any atom is 0.140 e. The SMILES string of the molecule is Cc1nc(-c2ccc[nH]2)sc1C1CCC(N)CC1. The number of aromatic nitrogens is 2. The van der Waals surface area contributed by atoms with E-state index >= 15 is 0 Å². The van der Waals surface area contributed by atoms with Crippen LogP contribution in [0, 0.1) is 6.92 Å². The van der Waals surface area contributed by atoms with Gasteiger partial charge < -0.3 is 10.7 Å². The Morgan fingerprint density at radius 3 is 2.78 bits per heavy atom. The third-order valence-electron chi connectivity index (χ3n) is 3.80. The molecule has 0 bridgehead atoms. The maximum atomic E-state index is 5.98. The molecule has 0 saturated heterocycles. The molecule has 0 aromatic carbocycles. The number of H-pyrrole nitrogens is 1. The third kappa shape index (κ3) is 2.22. The van der Waals surface area contributed by atoms with Gasteiger partial charge >= 0.3 is 0 Å². The van der Waals surface area contributed by atoms with Crippen LogP contribution in [0.1, 0.15) is 42.2 Å². The van der Waals surface area contributed by atoms with Gasteiger partial charge in [0.25, 0.3) is 0 Å². The molecule has 3 nitrogen and oxygen atoms in total. The van der Waals surface area contributed by atoms with E-state index in [-0.39, 0.29) is 0 Å². The van der Waals surface area contributed by atoms with E-state index in [0.717, 1.165) is 23.5 Å². The number of nitrogens with two attached hydrogens (primary N) is 1. The second-order valence-electron chi connectivity index (χ2n) is 5.16. The maximum absolute atomic E-state index is 5.98. The second kappa shape index (κ2) is 4.86. The van der Waals surface area contributed by atoms with Crippen LogP contribution >= 0.6 is 11.3 Å². The minimum atomic E-state index is 0.414. The molecular formula is C14H19N3S. The largest absolute Gasteiger partial charge is 0.359 e. The van der Waals surface area contributed by atoms with Crippen LogP contribution < -0.4 is 5.73 Å². The van der Waals surface area contributed by atoms with Crippen molar-refractivity contribution in [2.24, 2.45) is 5.73 Å². The van der Waals surface area contributed by atoms with E-state index in [0.29, 0.717) is 12.0 Å². The highest BCUT2D eigenvalue weighted by Crippen LogP contribution is 2.39. The first-order chi connectivity index (χ1) is 8.74. The van der Waals surface area contributed by atoms with Gasteiger partial charge in [-0.3, -0.25) is 0 Å². The fourth-order valence-electron chi connectivity index (χ4n) is 2.75. The number of aromatic amines is 1. The smallest absolute Gasteiger partial charge is 0.140 e. The summed E-state index contributed by atoms with van der Waals surface area (Å²) >= 11 is 1.84. The summed E-state index contributed by atoms with van der Waals surface area (Å²) in [5.74, 6) is 0.672. The quantitative estimate of drug-likeness (QED) is 0.870. The molecule has 2 heterocycles. The van der Waals surface area contributed by atoms with Crippen molar-refractivity contribution in [1.82, 2.24) is 9.97 Å². The molecular weight excluding hydrogens is 242 g/mol. The highest BCUT2D eigenvalue weighted by molar-refractivity contribution is 7.15. The zero-order chi connectivity index (χ0) is 12.5. The van der Waals surface area contributed by atoms with Crippen LogP contribution in [0.5, 0.6) is 0 Å². The fourth-order valence-corrected chi connectivity index (χ4v) is 3.97. The molecule has 96 valence electrons. The van der Waals surface area contributed by atoms with Crippen molar-refractivity contribution in [3.8, 4) is 10.7 Å². The predicted molar refractivity (Wildman–Crippen MR) is 75.8 cm³/mol. The lowest BCUT2D eigenvalue weighted by molar-refractivity contribution is 0.398. The number of nitrogens with zero attached hydrogens (tertiary/aromatic N) is 1. The van der Waals surface area contributed by atoms with Gasteiger partial charge in [0.15, 0.2) is 0 Å². The fraction of sp³-hybridized carbons (Fsp3) is 0.500. The van der Waals surface area contributed by atoms with Crippen LogP contribution in [0.2, 0.25) is 0 Å². The van der Waals surface area contributed by atoms with Crippen molar-refractivity contribution in [2.45, 2.75) is 44.6 Å². The Kier molecular flexibility index (Phi) is 3.22. The Labute approximate surface area is 111 Å². The molecule has 0 spiro atoms. The molecule has 1 fully saturated rings. The van der Waals surface area contributed by atoms with Gasteiger partial charge in [-0.1, -0.05) is 0 Å². The number of aryl methyl sites for hydroxylation is 1. The van der Waals surface area contributed by atoms with E-state index in [1.807, 2.05) is 23.6 Å². The van der Waals surface area contributed by atoms with Crippen LogP contribution in [0.15, 0.2) is 18.3 Å². The molecule has 0 aliphatic heterocycles. The molecule has 18 heavy (non-hydrogen) atoms. The summed E-state index contributed by atoms with van der Waals surface area (Å²) < 4.78 is 0. The first-order valence-corrected chi connectivity index (χ1v) is 7.42. The summed E-state index contributed by atoms with van der Waals surface area (Å²) in [6.45, 7) is 2.13. The molecule has 1 aliphatic rings. The van der Waals surface area contributed by atoms with Crippen LogP contribution in [0.25, 0.3) is 10.7 Å². The third-order valence-corrected chi connectivity index (χ3v) is 5.16. The Balaban J connectivity index is 1.85. The molecule has 0 atom stereocenters. The molecule has 4 heteroatoms. The van der Waals surface area contributed by atoms with Gasteiger partial charge in [-0.05, 0) is 50.7 Å². The first-order valence-electron chi connectivity index (χ1n) is 6.60. The van der Waals surface area contributed by atoms with Crippen molar-refractivity contribution in [1.29, 1.82) is 0 Å². The van der Waals surface area contributed by atoms with Gasteiger partial charge in [0.05, 0.1) is 11.4 Å². The molecule has 1 aliphatic carbocycles. The molecule has 0 unspecified atom stereocenters. The predicted octanol–water partition coefficient (Wildman–Crippen LogP) is 3.43. The molecule has 3 rings (SSSR count). The topological polar surface area (TPSA) is 54.7 Å². The zero-order valence-corrected chi connectivity index (χ0v) is 11.5. The Morgan fingerprint density at radius 1 is 1.33 bits per heavy atom. The van der Waals surface area contributed by atoms with Gasteiger partial charge in [0, 0.05) is 17.1 Å². The van der Waals surface area contributed by atoms with E-state index in [2.05, 4.69) is 18.0 Å². The van der Waals surface area contributed by atoms with E-state index < -0.39 is 0 Å². The molecule has 2 aromatic rings. The van der Waals surface area contributed by atoms with Crippen molar-refractivity contribution < 1.29 is 0 Å². The standard InChI is InChI=1S/C14H19N3S/c1-9-13(10-4-6-11(15)7-5-10)18-14(17-9)12-3-2-8-16-12/h2-3,8,10-11,16H,4-7,15H2,1H3. The minimum absolute atomic E-state index is 0.414. The Morgan fingerprint density at radius 2 is 2.11 bits per heavy atom. The Hall–Kier alpha value is -1.13. The van der Waals surface area contributed by atoms with Crippen molar-refractivity contribution in [3.05, 3.63) is 28.9 Å². The number of thiazole rings is 1. The van der Waals surface area contributed by atoms with Gasteiger partial charge in [-0.15, -0.1) is 11.3 Å². The number of hydrogen-bond donors (Lipinski definition) is 2. The Bertz CT molecular complexity index is 507. The summed E-state index contributed by atoms with van der Waals surface area (Å²) in [5, 5.41) is 1.11. The lowest BCUT2D eigenvalue weighted by Gasteiger charge is -2.25. The molecule has 3 N–H and O–H groups in total. The van der Waals surface area contributed by atoms with Crippen LogP contribution in [0.3, 0.4) is 0 Å². The van der Waals surface area contributed by atoms with E-state index in [4.69, 9.17) is 10.7 Å². The minimum Gasteiger partial charge on any atom is -0.359 e. The summed E-state index contributed by atoms with van der Waals surface area (Å²) in [5.41, 5.74) is 8.30.